The third-order valence-corrected chi connectivity index (χ3v) is 3.78. The lowest BCUT2D eigenvalue weighted by Gasteiger charge is -2.24. The molecule has 0 unspecified atom stereocenters. The summed E-state index contributed by atoms with van der Waals surface area (Å²) in [5.74, 6) is -2.82. The van der Waals surface area contributed by atoms with Gasteiger partial charge in [-0.05, 0) is 26.3 Å². The molecule has 1 aliphatic rings. The van der Waals surface area contributed by atoms with Gasteiger partial charge in [0, 0.05) is 43.0 Å². The largest absolute Gasteiger partial charge is 0.550 e. The fourth-order valence-electron chi connectivity index (χ4n) is 2.72. The lowest BCUT2D eigenvalue weighted by atomic mass is 9.89. The van der Waals surface area contributed by atoms with E-state index in [2.05, 4.69) is 0 Å². The molecule has 0 saturated carbocycles. The Morgan fingerprint density at radius 3 is 2.50 bits per heavy atom. The number of non-ortho nitro benzene ring substituents is 1. The maximum Gasteiger partial charge on any atom is 0.410 e. The van der Waals surface area contributed by atoms with E-state index in [1.807, 2.05) is 0 Å². The molecule has 24 heavy (non-hydrogen) atoms. The number of likely N-dealkylation sites (tertiary alicyclic amines) is 1. The minimum Gasteiger partial charge on any atom is -0.550 e. The van der Waals surface area contributed by atoms with Crippen LogP contribution in [0.1, 0.15) is 32.3 Å². The van der Waals surface area contributed by atoms with Gasteiger partial charge in [0.2, 0.25) is 0 Å². The molecule has 1 amide bonds. The quantitative estimate of drug-likeness (QED) is 0.607. The number of carboxylic acid groups (broad SMARTS) is 1. The van der Waals surface area contributed by atoms with Crippen LogP contribution in [0.5, 0.6) is 0 Å². The Hall–Kier alpha value is -2.64. The van der Waals surface area contributed by atoms with E-state index < -0.39 is 34.4 Å². The molecule has 2 rings (SSSR count). The molecule has 8 heteroatoms. The van der Waals surface area contributed by atoms with Crippen molar-refractivity contribution in [1.29, 1.82) is 0 Å². The van der Waals surface area contributed by atoms with E-state index in [4.69, 9.17) is 4.74 Å². The molecule has 0 spiro atoms. The fourth-order valence-corrected chi connectivity index (χ4v) is 2.72. The van der Waals surface area contributed by atoms with Crippen LogP contribution in [-0.2, 0) is 9.53 Å². The maximum atomic E-state index is 12.2. The molecule has 0 radical (unpaired) electrons. The first kappa shape index (κ1) is 17.7. The molecule has 1 aliphatic heterocycles. The van der Waals surface area contributed by atoms with Crippen LogP contribution in [0, 0.1) is 16.0 Å². The van der Waals surface area contributed by atoms with Crippen molar-refractivity contribution >= 4 is 17.7 Å². The lowest BCUT2D eigenvalue weighted by molar-refractivity contribution is -0.385. The van der Waals surface area contributed by atoms with Crippen LogP contribution in [0.15, 0.2) is 24.3 Å². The van der Waals surface area contributed by atoms with E-state index in [9.17, 15) is 24.8 Å². The van der Waals surface area contributed by atoms with Crippen LogP contribution in [-0.4, -0.2) is 40.6 Å². The maximum absolute atomic E-state index is 12.2. The van der Waals surface area contributed by atoms with Crippen molar-refractivity contribution < 1.29 is 24.4 Å². The molecular weight excluding hydrogens is 316 g/mol. The molecule has 0 bridgehead atoms. The number of nitro benzene ring substituents is 1. The zero-order chi connectivity index (χ0) is 18.1. The van der Waals surface area contributed by atoms with Crippen molar-refractivity contribution in [3.63, 3.8) is 0 Å². The molecule has 0 aromatic heterocycles. The van der Waals surface area contributed by atoms with E-state index >= 15 is 0 Å². The van der Waals surface area contributed by atoms with Gasteiger partial charge in [0.1, 0.15) is 5.60 Å². The van der Waals surface area contributed by atoms with Crippen molar-refractivity contribution in [3.8, 4) is 0 Å². The van der Waals surface area contributed by atoms with Crippen molar-refractivity contribution in [2.75, 3.05) is 13.1 Å². The number of hydrogen-bond acceptors (Lipinski definition) is 6. The Kier molecular flexibility index (Phi) is 4.77. The van der Waals surface area contributed by atoms with Crippen LogP contribution >= 0.6 is 0 Å². The average molecular weight is 335 g/mol. The Bertz CT molecular complexity index is 667. The van der Waals surface area contributed by atoms with Crippen LogP contribution in [0.2, 0.25) is 0 Å². The van der Waals surface area contributed by atoms with Gasteiger partial charge >= 0.3 is 6.09 Å². The van der Waals surface area contributed by atoms with Gasteiger partial charge in [0.25, 0.3) is 5.69 Å². The number of aliphatic carboxylic acids is 1. The highest BCUT2D eigenvalue weighted by Crippen LogP contribution is 2.34. The SMILES string of the molecule is CC(C)(C)OC(=O)N1C[C@@H](C(=O)[O-])[C@H](c2cccc([N+](=O)[O-])c2)C1. The Morgan fingerprint density at radius 1 is 1.29 bits per heavy atom. The van der Waals surface area contributed by atoms with Crippen molar-refractivity contribution in [3.05, 3.63) is 39.9 Å². The molecule has 0 N–H and O–H groups in total. The smallest absolute Gasteiger partial charge is 0.410 e. The summed E-state index contributed by atoms with van der Waals surface area (Å²) in [6, 6.07) is 5.78. The van der Waals surface area contributed by atoms with Crippen LogP contribution < -0.4 is 5.11 Å². The number of carbonyl (C=O) groups excluding carboxylic acids is 2. The Balaban J connectivity index is 2.25. The number of carbonyl (C=O) groups is 2. The first-order chi connectivity index (χ1) is 11.1. The molecule has 0 aliphatic carbocycles. The number of nitro groups is 1. The van der Waals surface area contributed by atoms with Gasteiger partial charge in [-0.1, -0.05) is 12.1 Å². The molecular formula is C16H19N2O6-. The molecule has 2 atom stereocenters. The van der Waals surface area contributed by atoms with Gasteiger partial charge in [-0.2, -0.15) is 0 Å². The summed E-state index contributed by atoms with van der Waals surface area (Å²) < 4.78 is 5.26. The van der Waals surface area contributed by atoms with Crippen LogP contribution in [0.3, 0.4) is 0 Å². The second kappa shape index (κ2) is 6.46. The summed E-state index contributed by atoms with van der Waals surface area (Å²) >= 11 is 0. The number of hydrogen-bond donors (Lipinski definition) is 0. The average Bonchev–Trinajstić information content (AvgIpc) is 2.91. The first-order valence-electron chi connectivity index (χ1n) is 7.51. The molecule has 1 fully saturated rings. The highest BCUT2D eigenvalue weighted by Gasteiger charge is 2.39. The van der Waals surface area contributed by atoms with Crippen LogP contribution in [0.25, 0.3) is 0 Å². The molecule has 130 valence electrons. The van der Waals surface area contributed by atoms with E-state index in [1.54, 1.807) is 26.8 Å². The zero-order valence-electron chi connectivity index (χ0n) is 13.7. The van der Waals surface area contributed by atoms with Gasteiger partial charge in [0.05, 0.1) is 4.92 Å². The highest BCUT2D eigenvalue weighted by molar-refractivity contribution is 5.74. The zero-order valence-corrected chi connectivity index (χ0v) is 13.7. The third kappa shape index (κ3) is 4.01. The fraction of sp³-hybridized carbons (Fsp3) is 0.500. The highest BCUT2D eigenvalue weighted by atomic mass is 16.6. The van der Waals surface area contributed by atoms with E-state index in [-0.39, 0.29) is 18.8 Å². The molecule has 1 heterocycles. The van der Waals surface area contributed by atoms with Gasteiger partial charge in [-0.25, -0.2) is 4.79 Å². The summed E-state index contributed by atoms with van der Waals surface area (Å²) in [4.78, 5) is 35.3. The monoisotopic (exact) mass is 335 g/mol. The van der Waals surface area contributed by atoms with E-state index in [0.29, 0.717) is 5.56 Å². The van der Waals surface area contributed by atoms with Gasteiger partial charge in [0.15, 0.2) is 0 Å². The lowest BCUT2D eigenvalue weighted by Crippen LogP contribution is -2.38. The topological polar surface area (TPSA) is 113 Å². The summed E-state index contributed by atoms with van der Waals surface area (Å²) in [6.07, 6.45) is -0.610. The van der Waals surface area contributed by atoms with Crippen molar-refractivity contribution in [1.82, 2.24) is 4.90 Å². The predicted molar refractivity (Wildman–Crippen MR) is 82.1 cm³/mol. The van der Waals surface area contributed by atoms with Crippen LogP contribution in [0.4, 0.5) is 10.5 Å². The number of amides is 1. The van der Waals surface area contributed by atoms with E-state index in [0.717, 1.165) is 0 Å². The standard InChI is InChI=1S/C16H20N2O6/c1-16(2,3)24-15(21)17-8-12(13(9-17)14(19)20)10-5-4-6-11(7-10)18(22)23/h4-7,12-13H,8-9H2,1-3H3,(H,19,20)/p-1/t12-,13+/m0/s1. The number of carboxylic acids is 1. The number of ether oxygens (including phenoxy) is 1. The normalized spacial score (nSPS) is 20.7. The summed E-state index contributed by atoms with van der Waals surface area (Å²) in [5, 5.41) is 22.3. The molecule has 8 nitrogen and oxygen atoms in total. The Labute approximate surface area is 139 Å². The predicted octanol–water partition coefficient (Wildman–Crippen LogP) is 1.30. The van der Waals surface area contributed by atoms with Gasteiger partial charge in [-0.3, -0.25) is 10.1 Å². The summed E-state index contributed by atoms with van der Waals surface area (Å²) in [6.45, 7) is 5.21. The van der Waals surface area contributed by atoms with Crippen molar-refractivity contribution in [2.45, 2.75) is 32.3 Å². The number of benzene rings is 1. The van der Waals surface area contributed by atoms with E-state index in [1.165, 1.54) is 23.1 Å². The van der Waals surface area contributed by atoms with Crippen molar-refractivity contribution in [2.24, 2.45) is 5.92 Å². The minimum absolute atomic E-state index is 0.0510. The van der Waals surface area contributed by atoms with Gasteiger partial charge in [-0.15, -0.1) is 0 Å². The Morgan fingerprint density at radius 2 is 1.96 bits per heavy atom. The number of rotatable bonds is 3. The summed E-state index contributed by atoms with van der Waals surface area (Å²) in [7, 11) is 0. The van der Waals surface area contributed by atoms with Gasteiger partial charge < -0.3 is 19.5 Å². The molecule has 1 aromatic rings. The minimum atomic E-state index is -1.29. The number of nitrogens with zero attached hydrogens (tertiary/aromatic N) is 2. The summed E-state index contributed by atoms with van der Waals surface area (Å²) in [5.41, 5.74) is -0.331. The second-order valence-electron chi connectivity index (χ2n) is 6.77. The second-order valence-corrected chi connectivity index (χ2v) is 6.77. The molecule has 1 saturated heterocycles. The third-order valence-electron chi connectivity index (χ3n) is 3.78. The molecule has 1 aromatic carbocycles. The first-order valence-corrected chi connectivity index (χ1v) is 7.51.